The van der Waals surface area contributed by atoms with Gasteiger partial charge in [-0.1, -0.05) is 36.4 Å². The maximum atomic E-state index is 12.6. The van der Waals surface area contributed by atoms with Crippen LogP contribution >= 0.6 is 0 Å². The summed E-state index contributed by atoms with van der Waals surface area (Å²) in [4.78, 5) is 49.3. The predicted molar refractivity (Wildman–Crippen MR) is 115 cm³/mol. The fourth-order valence-corrected chi connectivity index (χ4v) is 3.08. The third kappa shape index (κ3) is 5.13. The molecule has 9 nitrogen and oxygen atoms in total. The van der Waals surface area contributed by atoms with E-state index in [1.165, 1.54) is 4.68 Å². The monoisotopic (exact) mass is 421 g/mol. The number of aromatic nitrogens is 2. The largest absolute Gasteiger partial charge is 0.349 e. The third-order valence-corrected chi connectivity index (χ3v) is 4.60. The lowest BCUT2D eigenvalue weighted by molar-refractivity contribution is -0.122. The van der Waals surface area contributed by atoms with E-state index >= 15 is 0 Å². The Kier molecular flexibility index (Phi) is 6.76. The van der Waals surface area contributed by atoms with Gasteiger partial charge in [0.25, 0.3) is 17.4 Å². The molecule has 1 aromatic heterocycles. The van der Waals surface area contributed by atoms with E-state index in [1.54, 1.807) is 68.4 Å². The number of benzene rings is 2. The van der Waals surface area contributed by atoms with E-state index in [9.17, 15) is 19.2 Å². The Bertz CT molecular complexity index is 1170. The first-order valence-electron chi connectivity index (χ1n) is 9.85. The van der Waals surface area contributed by atoms with Crippen molar-refractivity contribution in [2.24, 2.45) is 0 Å². The van der Waals surface area contributed by atoms with Gasteiger partial charge in [-0.15, -0.1) is 0 Å². The fourth-order valence-electron chi connectivity index (χ4n) is 3.08. The highest BCUT2D eigenvalue weighted by Gasteiger charge is 2.18. The van der Waals surface area contributed by atoms with Crippen LogP contribution in [0.3, 0.4) is 0 Å². The van der Waals surface area contributed by atoms with Crippen molar-refractivity contribution in [3.8, 4) is 0 Å². The lowest BCUT2D eigenvalue weighted by Crippen LogP contribution is -2.45. The first-order chi connectivity index (χ1) is 14.9. The van der Waals surface area contributed by atoms with Crippen molar-refractivity contribution >= 4 is 28.5 Å². The van der Waals surface area contributed by atoms with Gasteiger partial charge in [0.05, 0.1) is 5.39 Å². The topological polar surface area (TPSA) is 122 Å². The molecule has 3 amide bonds. The molecule has 160 valence electrons. The number of fused-ring (bicyclic) bond motifs is 1. The van der Waals surface area contributed by atoms with Crippen LogP contribution in [-0.4, -0.2) is 33.5 Å². The number of amides is 3. The van der Waals surface area contributed by atoms with Crippen molar-refractivity contribution in [3.63, 3.8) is 0 Å². The Morgan fingerprint density at radius 2 is 1.58 bits per heavy atom. The Labute approximate surface area is 178 Å². The number of nitrogens with one attached hydrogen (secondary N) is 3. The normalized spacial score (nSPS) is 11.5. The van der Waals surface area contributed by atoms with Gasteiger partial charge in [-0.2, -0.15) is 5.10 Å². The first kappa shape index (κ1) is 21.7. The Morgan fingerprint density at radius 3 is 2.26 bits per heavy atom. The van der Waals surface area contributed by atoms with Gasteiger partial charge in [0, 0.05) is 30.0 Å². The second-order valence-corrected chi connectivity index (χ2v) is 6.96. The van der Waals surface area contributed by atoms with Gasteiger partial charge in [-0.05, 0) is 32.0 Å². The number of aryl methyl sites for hydroxylation is 1. The van der Waals surface area contributed by atoms with Gasteiger partial charge < -0.3 is 5.32 Å². The standard InChI is InChI=1S/C22H23N5O4/c1-3-27-22(31)17-12-8-7-11-16(17)19(26-27)21(30)25-24-18(28)13-14(2)23-20(29)15-9-5-4-6-10-15/h4-12,14H,3,13H2,1-2H3,(H,23,29)(H,24,28)(H,25,30). The zero-order valence-corrected chi connectivity index (χ0v) is 17.2. The number of hydrogen-bond donors (Lipinski definition) is 3. The molecule has 0 saturated heterocycles. The maximum Gasteiger partial charge on any atom is 0.290 e. The van der Waals surface area contributed by atoms with E-state index in [4.69, 9.17) is 0 Å². The van der Waals surface area contributed by atoms with Crippen molar-refractivity contribution in [2.45, 2.75) is 32.9 Å². The molecule has 0 saturated carbocycles. The number of hydrazine groups is 1. The van der Waals surface area contributed by atoms with Crippen molar-refractivity contribution in [1.82, 2.24) is 25.9 Å². The van der Waals surface area contributed by atoms with Gasteiger partial charge in [0.2, 0.25) is 5.91 Å². The van der Waals surface area contributed by atoms with Crippen LogP contribution < -0.4 is 21.7 Å². The first-order valence-corrected chi connectivity index (χ1v) is 9.85. The second kappa shape index (κ2) is 9.66. The highest BCUT2D eigenvalue weighted by molar-refractivity contribution is 6.05. The number of carbonyl (C=O) groups is 3. The van der Waals surface area contributed by atoms with Gasteiger partial charge >= 0.3 is 0 Å². The molecule has 1 unspecified atom stereocenters. The van der Waals surface area contributed by atoms with Crippen molar-refractivity contribution in [3.05, 3.63) is 76.2 Å². The number of carbonyl (C=O) groups excluding carboxylic acids is 3. The van der Waals surface area contributed by atoms with Crippen molar-refractivity contribution in [1.29, 1.82) is 0 Å². The van der Waals surface area contributed by atoms with Crippen LogP contribution in [0.25, 0.3) is 10.8 Å². The minimum atomic E-state index is -0.646. The molecule has 0 aliphatic rings. The zero-order chi connectivity index (χ0) is 22.4. The van der Waals surface area contributed by atoms with Crippen LogP contribution in [0.2, 0.25) is 0 Å². The van der Waals surface area contributed by atoms with E-state index in [1.807, 2.05) is 0 Å². The molecule has 9 heteroatoms. The highest BCUT2D eigenvalue weighted by atomic mass is 16.2. The molecule has 1 atom stereocenters. The summed E-state index contributed by atoms with van der Waals surface area (Å²) in [6.07, 6.45) is -0.0402. The minimum Gasteiger partial charge on any atom is -0.349 e. The van der Waals surface area contributed by atoms with Gasteiger partial charge in [0.15, 0.2) is 5.69 Å². The van der Waals surface area contributed by atoms with Crippen LogP contribution in [0.4, 0.5) is 0 Å². The molecule has 0 fully saturated rings. The van der Waals surface area contributed by atoms with Crippen LogP contribution in [-0.2, 0) is 11.3 Å². The lowest BCUT2D eigenvalue weighted by Gasteiger charge is -2.15. The summed E-state index contributed by atoms with van der Waals surface area (Å²) in [7, 11) is 0. The molecule has 3 aromatic rings. The van der Waals surface area contributed by atoms with Crippen LogP contribution in [0.1, 0.15) is 41.1 Å². The highest BCUT2D eigenvalue weighted by Crippen LogP contribution is 2.13. The quantitative estimate of drug-likeness (QED) is 0.519. The summed E-state index contributed by atoms with van der Waals surface area (Å²) in [5.41, 5.74) is 4.88. The molecular weight excluding hydrogens is 398 g/mol. The lowest BCUT2D eigenvalue weighted by atomic mass is 10.1. The van der Waals surface area contributed by atoms with Gasteiger partial charge in [0.1, 0.15) is 0 Å². The van der Waals surface area contributed by atoms with Crippen LogP contribution in [0, 0.1) is 0 Å². The van der Waals surface area contributed by atoms with Crippen LogP contribution in [0.15, 0.2) is 59.4 Å². The molecule has 3 rings (SSSR count). The molecular formula is C22H23N5O4. The second-order valence-electron chi connectivity index (χ2n) is 6.96. The summed E-state index contributed by atoms with van der Waals surface area (Å²) in [6.45, 7) is 3.74. The average molecular weight is 421 g/mol. The Morgan fingerprint density at radius 1 is 0.935 bits per heavy atom. The number of rotatable bonds is 6. The van der Waals surface area contributed by atoms with Crippen LogP contribution in [0.5, 0.6) is 0 Å². The van der Waals surface area contributed by atoms with E-state index < -0.39 is 17.9 Å². The maximum absolute atomic E-state index is 12.6. The molecule has 0 radical (unpaired) electrons. The molecule has 0 bridgehead atoms. The van der Waals surface area contributed by atoms with Crippen molar-refractivity contribution in [2.75, 3.05) is 0 Å². The summed E-state index contributed by atoms with van der Waals surface area (Å²) >= 11 is 0. The van der Waals surface area contributed by atoms with E-state index in [2.05, 4.69) is 21.3 Å². The zero-order valence-electron chi connectivity index (χ0n) is 17.2. The number of nitrogens with zero attached hydrogens (tertiary/aromatic N) is 2. The van der Waals surface area contributed by atoms with E-state index in [0.29, 0.717) is 22.9 Å². The summed E-state index contributed by atoms with van der Waals surface area (Å²) in [5.74, 6) is -1.42. The Hall–Kier alpha value is -4.01. The Balaban J connectivity index is 1.62. The fraction of sp³-hybridized carbons (Fsp3) is 0.227. The summed E-state index contributed by atoms with van der Waals surface area (Å²) in [6, 6.07) is 14.9. The molecule has 1 heterocycles. The van der Waals surface area contributed by atoms with E-state index in [0.717, 1.165) is 0 Å². The SMILES string of the molecule is CCn1nc(C(=O)NNC(=O)CC(C)NC(=O)c2ccccc2)c2ccccc2c1=O. The molecule has 31 heavy (non-hydrogen) atoms. The van der Waals surface area contributed by atoms with Gasteiger partial charge in [-0.25, -0.2) is 4.68 Å². The predicted octanol–water partition coefficient (Wildman–Crippen LogP) is 1.39. The minimum absolute atomic E-state index is 0.0304. The third-order valence-electron chi connectivity index (χ3n) is 4.60. The number of hydrogen-bond acceptors (Lipinski definition) is 5. The molecule has 0 spiro atoms. The smallest absolute Gasteiger partial charge is 0.290 e. The molecule has 0 aliphatic heterocycles. The molecule has 3 N–H and O–H groups in total. The summed E-state index contributed by atoms with van der Waals surface area (Å²) < 4.78 is 1.19. The van der Waals surface area contributed by atoms with E-state index in [-0.39, 0.29) is 23.6 Å². The van der Waals surface area contributed by atoms with Crippen molar-refractivity contribution < 1.29 is 14.4 Å². The summed E-state index contributed by atoms with van der Waals surface area (Å²) in [5, 5.41) is 7.61. The molecule has 0 aliphatic carbocycles. The average Bonchev–Trinajstić information content (AvgIpc) is 2.78. The van der Waals surface area contributed by atoms with Gasteiger partial charge in [-0.3, -0.25) is 30.0 Å². The molecule has 2 aromatic carbocycles.